The van der Waals surface area contributed by atoms with Crippen LogP contribution in [0.15, 0.2) is 22.7 Å². The Kier molecular flexibility index (Phi) is 5.70. The maximum Gasteiger partial charge on any atom is 0.255 e. The number of carbonyl (C=O) groups is 1. The Hall–Kier alpha value is -1.12. The molecule has 1 aliphatic heterocycles. The molecule has 0 saturated carbocycles. The Balaban J connectivity index is 2.07. The minimum atomic E-state index is -3.20. The van der Waals surface area contributed by atoms with Crippen molar-refractivity contribution in [3.05, 3.63) is 28.2 Å². The van der Waals surface area contributed by atoms with Crippen molar-refractivity contribution in [2.75, 3.05) is 33.5 Å². The minimum absolute atomic E-state index is 0.0530. The largest absolute Gasteiger partial charge is 0.497 e. The molecule has 0 unspecified atom stereocenters. The summed E-state index contributed by atoms with van der Waals surface area (Å²) in [6, 6.07) is 5.23. The molecule has 8 heteroatoms. The first-order chi connectivity index (χ1) is 10.7. The van der Waals surface area contributed by atoms with Gasteiger partial charge in [-0.2, -0.15) is 0 Å². The van der Waals surface area contributed by atoms with Gasteiger partial charge in [-0.3, -0.25) is 4.79 Å². The smallest absolute Gasteiger partial charge is 0.255 e. The third-order valence-corrected chi connectivity index (χ3v) is 6.23. The summed E-state index contributed by atoms with van der Waals surface area (Å²) in [6.45, 7) is 1.07. The fourth-order valence-corrected chi connectivity index (χ4v) is 3.84. The van der Waals surface area contributed by atoms with E-state index in [4.69, 9.17) is 4.74 Å². The summed E-state index contributed by atoms with van der Waals surface area (Å²) >= 11 is 3.40. The maximum atomic E-state index is 12.7. The van der Waals surface area contributed by atoms with Gasteiger partial charge in [0.2, 0.25) is 10.0 Å². The molecule has 0 bridgehead atoms. The van der Waals surface area contributed by atoms with Crippen molar-refractivity contribution in [3.63, 3.8) is 0 Å². The number of nitrogens with zero attached hydrogens (tertiary/aromatic N) is 2. The van der Waals surface area contributed by atoms with E-state index in [0.29, 0.717) is 37.2 Å². The molecule has 1 aromatic rings. The van der Waals surface area contributed by atoms with E-state index >= 15 is 0 Å². The number of hydrogen-bond donors (Lipinski definition) is 0. The summed E-state index contributed by atoms with van der Waals surface area (Å²) in [6.07, 6.45) is 2.48. The Morgan fingerprint density at radius 1 is 1.35 bits per heavy atom. The molecule has 0 atom stereocenters. The lowest BCUT2D eigenvalue weighted by atomic mass is 10.0. The molecule has 128 valence electrons. The number of sulfonamides is 1. The summed E-state index contributed by atoms with van der Waals surface area (Å²) in [7, 11) is -0.0493. The second-order valence-corrected chi connectivity index (χ2v) is 8.54. The molecule has 6 nitrogen and oxygen atoms in total. The Labute approximate surface area is 145 Å². The van der Waals surface area contributed by atoms with E-state index in [0.717, 1.165) is 4.47 Å². The number of carbonyl (C=O) groups excluding carboxylic acids is 1. The lowest BCUT2D eigenvalue weighted by Crippen LogP contribution is -2.47. The van der Waals surface area contributed by atoms with Gasteiger partial charge in [-0.05, 0) is 47.0 Å². The zero-order valence-electron chi connectivity index (χ0n) is 13.5. The molecule has 0 N–H and O–H groups in total. The van der Waals surface area contributed by atoms with Crippen LogP contribution in [0.3, 0.4) is 0 Å². The van der Waals surface area contributed by atoms with Gasteiger partial charge in [0.15, 0.2) is 0 Å². The normalized spacial score (nSPS) is 16.7. The van der Waals surface area contributed by atoms with E-state index in [9.17, 15) is 13.2 Å². The molecule has 1 amide bonds. The average Bonchev–Trinajstić information content (AvgIpc) is 2.53. The number of ether oxygens (including phenoxy) is 1. The second-order valence-electron chi connectivity index (χ2n) is 5.65. The SMILES string of the molecule is COc1ccc(Br)c(C(=O)N2CCC(N(C)S(C)(=O)=O)CC2)c1. The quantitative estimate of drug-likeness (QED) is 0.768. The van der Waals surface area contributed by atoms with E-state index in [1.165, 1.54) is 10.6 Å². The summed E-state index contributed by atoms with van der Waals surface area (Å²) in [4.78, 5) is 14.4. The van der Waals surface area contributed by atoms with E-state index in [1.54, 1.807) is 37.3 Å². The predicted molar refractivity (Wildman–Crippen MR) is 92.2 cm³/mol. The zero-order chi connectivity index (χ0) is 17.2. The molecule has 1 saturated heterocycles. The number of hydrogen-bond acceptors (Lipinski definition) is 4. The molecule has 1 heterocycles. The third kappa shape index (κ3) is 4.24. The highest BCUT2D eigenvalue weighted by molar-refractivity contribution is 9.10. The number of amides is 1. The topological polar surface area (TPSA) is 66.9 Å². The summed E-state index contributed by atoms with van der Waals surface area (Å²) < 4.78 is 30.5. The maximum absolute atomic E-state index is 12.7. The van der Waals surface area contributed by atoms with Gasteiger partial charge in [0.05, 0.1) is 18.9 Å². The molecule has 0 radical (unpaired) electrons. The lowest BCUT2D eigenvalue weighted by Gasteiger charge is -2.35. The molecular formula is C15H21BrN2O4S. The standard InChI is InChI=1S/C15H21BrN2O4S/c1-17(23(3,20)21)11-6-8-18(9-7-11)15(19)13-10-12(22-2)4-5-14(13)16/h4-5,10-11H,6-9H2,1-3H3. The zero-order valence-corrected chi connectivity index (χ0v) is 15.9. The predicted octanol–water partition coefficient (Wildman–Crippen LogP) is 1.95. The number of rotatable bonds is 4. The van der Waals surface area contributed by atoms with Gasteiger partial charge in [-0.25, -0.2) is 12.7 Å². The van der Waals surface area contributed by atoms with Crippen LogP contribution in [0.5, 0.6) is 5.75 Å². The van der Waals surface area contributed by atoms with Crippen LogP contribution in [-0.2, 0) is 10.0 Å². The molecule has 1 aliphatic rings. The van der Waals surface area contributed by atoms with Crippen LogP contribution in [0.1, 0.15) is 23.2 Å². The number of halogens is 1. The fraction of sp³-hybridized carbons (Fsp3) is 0.533. The second kappa shape index (κ2) is 7.19. The summed E-state index contributed by atoms with van der Waals surface area (Å²) in [5.41, 5.74) is 0.555. The van der Waals surface area contributed by atoms with E-state index in [1.807, 2.05) is 0 Å². The first-order valence-corrected chi connectivity index (χ1v) is 9.94. The van der Waals surface area contributed by atoms with Crippen LogP contribution in [0, 0.1) is 0 Å². The first kappa shape index (κ1) is 18.2. The van der Waals surface area contributed by atoms with E-state index < -0.39 is 10.0 Å². The van der Waals surface area contributed by atoms with Crippen molar-refractivity contribution in [1.82, 2.24) is 9.21 Å². The fourth-order valence-electron chi connectivity index (χ4n) is 2.67. The van der Waals surface area contributed by atoms with Crippen LogP contribution >= 0.6 is 15.9 Å². The van der Waals surface area contributed by atoms with Crippen molar-refractivity contribution in [2.45, 2.75) is 18.9 Å². The van der Waals surface area contributed by atoms with E-state index in [2.05, 4.69) is 15.9 Å². The van der Waals surface area contributed by atoms with Crippen LogP contribution in [0.4, 0.5) is 0 Å². The van der Waals surface area contributed by atoms with E-state index in [-0.39, 0.29) is 11.9 Å². The molecule has 1 aromatic carbocycles. The van der Waals surface area contributed by atoms with Crippen molar-refractivity contribution in [1.29, 1.82) is 0 Å². The van der Waals surface area contributed by atoms with Gasteiger partial charge in [-0.15, -0.1) is 0 Å². The Morgan fingerprint density at radius 2 is 1.96 bits per heavy atom. The van der Waals surface area contributed by atoms with Crippen LogP contribution in [0.2, 0.25) is 0 Å². The molecule has 0 aliphatic carbocycles. The van der Waals surface area contributed by atoms with Gasteiger partial charge in [0.1, 0.15) is 5.75 Å². The Bertz CT molecular complexity index is 685. The Morgan fingerprint density at radius 3 is 2.48 bits per heavy atom. The van der Waals surface area contributed by atoms with Gasteiger partial charge < -0.3 is 9.64 Å². The number of benzene rings is 1. The molecular weight excluding hydrogens is 384 g/mol. The first-order valence-electron chi connectivity index (χ1n) is 7.30. The average molecular weight is 405 g/mol. The number of likely N-dealkylation sites (tertiary alicyclic amines) is 1. The van der Waals surface area contributed by atoms with Crippen LogP contribution in [-0.4, -0.2) is 63.1 Å². The minimum Gasteiger partial charge on any atom is -0.497 e. The molecule has 1 fully saturated rings. The van der Waals surface area contributed by atoms with Crippen molar-refractivity contribution < 1.29 is 17.9 Å². The van der Waals surface area contributed by atoms with Crippen molar-refractivity contribution in [3.8, 4) is 5.75 Å². The highest BCUT2D eigenvalue weighted by Gasteiger charge is 2.30. The highest BCUT2D eigenvalue weighted by atomic mass is 79.9. The van der Waals surface area contributed by atoms with Crippen molar-refractivity contribution >= 4 is 31.9 Å². The van der Waals surface area contributed by atoms with Crippen LogP contribution in [0.25, 0.3) is 0 Å². The van der Waals surface area contributed by atoms with Gasteiger partial charge in [0.25, 0.3) is 5.91 Å². The highest BCUT2D eigenvalue weighted by Crippen LogP contribution is 2.26. The molecule has 0 aromatic heterocycles. The lowest BCUT2D eigenvalue weighted by molar-refractivity contribution is 0.0685. The summed E-state index contributed by atoms with van der Waals surface area (Å²) in [5.74, 6) is 0.555. The number of methoxy groups -OCH3 is 1. The van der Waals surface area contributed by atoms with Gasteiger partial charge >= 0.3 is 0 Å². The molecule has 23 heavy (non-hydrogen) atoms. The van der Waals surface area contributed by atoms with Crippen LogP contribution < -0.4 is 4.74 Å². The summed E-state index contributed by atoms with van der Waals surface area (Å²) in [5, 5.41) is 0. The third-order valence-electron chi connectivity index (χ3n) is 4.19. The van der Waals surface area contributed by atoms with Gasteiger partial charge in [0, 0.05) is 30.7 Å². The molecule has 0 spiro atoms. The van der Waals surface area contributed by atoms with Gasteiger partial charge in [-0.1, -0.05) is 0 Å². The monoisotopic (exact) mass is 404 g/mol. The number of piperidine rings is 1. The van der Waals surface area contributed by atoms with Crippen molar-refractivity contribution in [2.24, 2.45) is 0 Å². The molecule has 2 rings (SSSR count).